The number of carbonyl (C=O) groups excluding carboxylic acids is 1. The lowest BCUT2D eigenvalue weighted by Gasteiger charge is -2.09. The first-order chi connectivity index (χ1) is 17.8. The molecule has 0 saturated heterocycles. The van der Waals surface area contributed by atoms with Crippen molar-refractivity contribution in [1.82, 2.24) is 10.3 Å². The number of aromatic nitrogens is 1. The Kier molecular flexibility index (Phi) is 6.62. The lowest BCUT2D eigenvalue weighted by atomic mass is 10.1. The summed E-state index contributed by atoms with van der Waals surface area (Å²) < 4.78 is 11.3. The molecule has 0 spiro atoms. The highest BCUT2D eigenvalue weighted by Gasteiger charge is 2.16. The quantitative estimate of drug-likeness (QED) is 0.134. The molecule has 0 aliphatic carbocycles. The van der Waals surface area contributed by atoms with Gasteiger partial charge in [0.25, 0.3) is 11.6 Å². The Balaban J connectivity index is 1.23. The largest absolute Gasteiger partial charge is 0.451 e. The number of rotatable bonds is 5. The number of thiocarbonyl (C=S) groups is 1. The van der Waals surface area contributed by atoms with Crippen LogP contribution in [-0.2, 0) is 0 Å². The monoisotopic (exact) mass is 552 g/mol. The zero-order chi connectivity index (χ0) is 26.1. The zero-order valence-corrected chi connectivity index (χ0v) is 20.9. The summed E-state index contributed by atoms with van der Waals surface area (Å²) in [5.41, 5.74) is 2.69. The molecule has 0 saturated carbocycles. The summed E-state index contributed by atoms with van der Waals surface area (Å²) in [5.74, 6) is 0.105. The number of nitro benzene ring substituents is 1. The molecule has 2 heterocycles. The van der Waals surface area contributed by atoms with Crippen LogP contribution in [0, 0.1) is 10.1 Å². The SMILES string of the molecule is O=C(NC(=S)Nc1ccc(-c2nc3cc(Cl)cc(Cl)c3o2)cc1)c1ccc(-c2cccc([N+](=O)[O-])c2)o1. The average Bonchev–Trinajstić information content (AvgIpc) is 3.53. The first-order valence-corrected chi connectivity index (χ1v) is 11.8. The summed E-state index contributed by atoms with van der Waals surface area (Å²) in [4.78, 5) is 27.5. The molecule has 0 unspecified atom stereocenters. The number of nitro groups is 1. The van der Waals surface area contributed by atoms with E-state index in [1.807, 2.05) is 0 Å². The molecule has 184 valence electrons. The fourth-order valence-electron chi connectivity index (χ4n) is 3.49. The van der Waals surface area contributed by atoms with Gasteiger partial charge in [0.2, 0.25) is 5.89 Å². The first kappa shape index (κ1) is 24.4. The van der Waals surface area contributed by atoms with Crippen LogP contribution in [-0.4, -0.2) is 20.9 Å². The average molecular weight is 553 g/mol. The predicted molar refractivity (Wildman–Crippen MR) is 144 cm³/mol. The predicted octanol–water partition coefficient (Wildman–Crippen LogP) is 7.10. The van der Waals surface area contributed by atoms with E-state index in [0.29, 0.717) is 49.6 Å². The van der Waals surface area contributed by atoms with Crippen LogP contribution in [0.4, 0.5) is 11.4 Å². The van der Waals surface area contributed by atoms with E-state index in [4.69, 9.17) is 44.3 Å². The number of nitrogens with zero attached hydrogens (tertiary/aromatic N) is 2. The second-order valence-corrected chi connectivity index (χ2v) is 8.96. The Morgan fingerprint density at radius 1 is 0.973 bits per heavy atom. The second kappa shape index (κ2) is 10.0. The number of hydrogen-bond acceptors (Lipinski definition) is 7. The Bertz CT molecular complexity index is 1680. The molecule has 0 bridgehead atoms. The molecule has 5 aromatic rings. The highest BCUT2D eigenvalue weighted by Crippen LogP contribution is 2.32. The van der Waals surface area contributed by atoms with Gasteiger partial charge < -0.3 is 14.2 Å². The molecule has 1 amide bonds. The topological polar surface area (TPSA) is 123 Å². The van der Waals surface area contributed by atoms with E-state index in [-0.39, 0.29) is 16.6 Å². The number of hydrogen-bond donors (Lipinski definition) is 2. The van der Waals surface area contributed by atoms with Gasteiger partial charge in [-0.05, 0) is 60.7 Å². The van der Waals surface area contributed by atoms with Crippen molar-refractivity contribution < 1.29 is 18.6 Å². The van der Waals surface area contributed by atoms with Crippen LogP contribution < -0.4 is 10.6 Å². The number of fused-ring (bicyclic) bond motifs is 1. The molecular weight excluding hydrogens is 539 g/mol. The molecule has 5 rings (SSSR count). The maximum atomic E-state index is 12.6. The van der Waals surface area contributed by atoms with Gasteiger partial charge in [-0.1, -0.05) is 35.3 Å². The number of halogens is 2. The van der Waals surface area contributed by atoms with Gasteiger partial charge in [0.05, 0.1) is 9.95 Å². The molecule has 0 aliphatic heterocycles. The molecule has 2 aromatic heterocycles. The minimum atomic E-state index is -0.576. The fourth-order valence-corrected chi connectivity index (χ4v) is 4.23. The Labute approximate surface area is 224 Å². The molecule has 12 heteroatoms. The van der Waals surface area contributed by atoms with Crippen LogP contribution in [0.1, 0.15) is 10.6 Å². The molecule has 0 radical (unpaired) electrons. The van der Waals surface area contributed by atoms with E-state index >= 15 is 0 Å². The smallest absolute Gasteiger partial charge is 0.293 e. The van der Waals surface area contributed by atoms with Gasteiger partial charge in [-0.15, -0.1) is 0 Å². The van der Waals surface area contributed by atoms with Crippen LogP contribution in [0.15, 0.2) is 81.6 Å². The van der Waals surface area contributed by atoms with Gasteiger partial charge in [-0.3, -0.25) is 20.2 Å². The number of oxazole rings is 1. The Hall–Kier alpha value is -4.25. The van der Waals surface area contributed by atoms with Crippen LogP contribution in [0.25, 0.3) is 33.9 Å². The summed E-state index contributed by atoms with van der Waals surface area (Å²) in [6.07, 6.45) is 0. The number of benzene rings is 3. The molecule has 37 heavy (non-hydrogen) atoms. The van der Waals surface area contributed by atoms with Crippen molar-refractivity contribution in [2.24, 2.45) is 0 Å². The van der Waals surface area contributed by atoms with Crippen molar-refractivity contribution in [1.29, 1.82) is 0 Å². The molecule has 3 aromatic carbocycles. The molecule has 0 atom stereocenters. The van der Waals surface area contributed by atoms with Crippen molar-refractivity contribution >= 4 is 68.9 Å². The van der Waals surface area contributed by atoms with Gasteiger partial charge in [-0.25, -0.2) is 4.98 Å². The molecule has 2 N–H and O–H groups in total. The van der Waals surface area contributed by atoms with E-state index < -0.39 is 10.8 Å². The normalized spacial score (nSPS) is 10.9. The summed E-state index contributed by atoms with van der Waals surface area (Å²) in [5, 5.41) is 17.3. The Morgan fingerprint density at radius 2 is 1.76 bits per heavy atom. The number of carbonyl (C=O) groups is 1. The summed E-state index contributed by atoms with van der Waals surface area (Å²) >= 11 is 17.4. The third kappa shape index (κ3) is 5.31. The summed E-state index contributed by atoms with van der Waals surface area (Å²) in [6.45, 7) is 0. The maximum absolute atomic E-state index is 12.6. The van der Waals surface area contributed by atoms with Gasteiger partial charge in [0.1, 0.15) is 11.3 Å². The van der Waals surface area contributed by atoms with E-state index in [2.05, 4.69) is 15.6 Å². The summed E-state index contributed by atoms with van der Waals surface area (Å²) in [7, 11) is 0. The highest BCUT2D eigenvalue weighted by atomic mass is 35.5. The minimum Gasteiger partial charge on any atom is -0.451 e. The number of anilines is 1. The fraction of sp³-hybridized carbons (Fsp3) is 0. The molecule has 0 aliphatic rings. The van der Waals surface area contributed by atoms with Gasteiger partial charge in [0.15, 0.2) is 16.5 Å². The third-order valence-electron chi connectivity index (χ3n) is 5.20. The van der Waals surface area contributed by atoms with Gasteiger partial charge in [-0.2, -0.15) is 0 Å². The van der Waals surface area contributed by atoms with Crippen molar-refractivity contribution in [3.05, 3.63) is 98.7 Å². The second-order valence-electron chi connectivity index (χ2n) is 7.71. The maximum Gasteiger partial charge on any atom is 0.293 e. The zero-order valence-electron chi connectivity index (χ0n) is 18.5. The highest BCUT2D eigenvalue weighted by molar-refractivity contribution is 7.80. The first-order valence-electron chi connectivity index (χ1n) is 10.6. The van der Waals surface area contributed by atoms with E-state index in [1.165, 1.54) is 24.3 Å². The van der Waals surface area contributed by atoms with Crippen LogP contribution in [0.2, 0.25) is 10.0 Å². The number of amides is 1. The van der Waals surface area contributed by atoms with E-state index in [9.17, 15) is 14.9 Å². The number of furan rings is 1. The van der Waals surface area contributed by atoms with Crippen LogP contribution >= 0.6 is 35.4 Å². The number of non-ortho nitro benzene ring substituents is 1. The molecular formula is C25H14Cl2N4O5S. The van der Waals surface area contributed by atoms with Crippen molar-refractivity contribution in [3.63, 3.8) is 0 Å². The van der Waals surface area contributed by atoms with Crippen LogP contribution in [0.3, 0.4) is 0 Å². The molecule has 0 fully saturated rings. The molecule has 9 nitrogen and oxygen atoms in total. The lowest BCUT2D eigenvalue weighted by Crippen LogP contribution is -2.33. The van der Waals surface area contributed by atoms with E-state index in [0.717, 1.165) is 0 Å². The van der Waals surface area contributed by atoms with Gasteiger partial charge in [0, 0.05) is 34.0 Å². The number of nitrogens with one attached hydrogen (secondary N) is 2. The van der Waals surface area contributed by atoms with Gasteiger partial charge >= 0.3 is 0 Å². The van der Waals surface area contributed by atoms with Crippen LogP contribution in [0.5, 0.6) is 0 Å². The minimum absolute atomic E-state index is 0.00396. The summed E-state index contributed by atoms with van der Waals surface area (Å²) in [6, 6.07) is 19.2. The van der Waals surface area contributed by atoms with Crippen molar-refractivity contribution in [2.75, 3.05) is 5.32 Å². The Morgan fingerprint density at radius 3 is 2.51 bits per heavy atom. The standard InChI is InChI=1S/C25H14Cl2N4O5S/c26-15-11-18(27)22-19(12-15)29-24(36-22)13-4-6-16(7-5-13)28-25(37)30-23(32)21-9-8-20(35-21)14-2-1-3-17(10-14)31(33)34/h1-12H,(H2,28,30,32,37). The van der Waals surface area contributed by atoms with Crippen molar-refractivity contribution in [3.8, 4) is 22.8 Å². The van der Waals surface area contributed by atoms with E-state index in [1.54, 1.807) is 48.5 Å². The third-order valence-corrected chi connectivity index (χ3v) is 5.90. The lowest BCUT2D eigenvalue weighted by molar-refractivity contribution is -0.384. The van der Waals surface area contributed by atoms with Crippen molar-refractivity contribution in [2.45, 2.75) is 0 Å².